The highest BCUT2D eigenvalue weighted by atomic mass is 35.5. The van der Waals surface area contributed by atoms with Gasteiger partial charge in [-0.05, 0) is 30.4 Å². The van der Waals surface area contributed by atoms with Gasteiger partial charge in [-0.2, -0.15) is 0 Å². The molecule has 1 N–H and O–H groups in total. The Morgan fingerprint density at radius 3 is 2.82 bits per heavy atom. The van der Waals surface area contributed by atoms with Gasteiger partial charge in [-0.1, -0.05) is 49.4 Å². The predicted octanol–water partition coefficient (Wildman–Crippen LogP) is 4.82. The SMILES string of the molecule is Clc1cccc2c1NCC2CCC1CCCC1. The molecule has 1 atom stereocenters. The number of para-hydroxylation sites is 1. The second-order valence-corrected chi connectivity index (χ2v) is 5.92. The molecule has 1 nitrogen and oxygen atoms in total. The summed E-state index contributed by atoms with van der Waals surface area (Å²) in [6, 6.07) is 6.30. The molecule has 0 radical (unpaired) electrons. The summed E-state index contributed by atoms with van der Waals surface area (Å²) in [5, 5.41) is 4.34. The zero-order valence-corrected chi connectivity index (χ0v) is 11.0. The van der Waals surface area contributed by atoms with E-state index in [9.17, 15) is 0 Å². The summed E-state index contributed by atoms with van der Waals surface area (Å²) in [5.74, 6) is 1.68. The largest absolute Gasteiger partial charge is 0.383 e. The maximum Gasteiger partial charge on any atom is 0.0640 e. The molecule has 17 heavy (non-hydrogen) atoms. The van der Waals surface area contributed by atoms with E-state index in [1.807, 2.05) is 6.07 Å². The van der Waals surface area contributed by atoms with Crippen molar-refractivity contribution in [2.24, 2.45) is 5.92 Å². The van der Waals surface area contributed by atoms with Gasteiger partial charge in [-0.15, -0.1) is 0 Å². The first kappa shape index (κ1) is 11.4. The highest BCUT2D eigenvalue weighted by Gasteiger charge is 2.25. The number of hydrogen-bond donors (Lipinski definition) is 1. The first-order valence-electron chi connectivity index (χ1n) is 6.87. The molecule has 1 heterocycles. The fourth-order valence-electron chi connectivity index (χ4n) is 3.40. The molecule has 1 fully saturated rings. The van der Waals surface area contributed by atoms with Crippen LogP contribution >= 0.6 is 11.6 Å². The number of anilines is 1. The third-order valence-electron chi connectivity index (χ3n) is 4.41. The van der Waals surface area contributed by atoms with Gasteiger partial charge in [0.15, 0.2) is 0 Å². The first-order valence-corrected chi connectivity index (χ1v) is 7.24. The summed E-state index contributed by atoms with van der Waals surface area (Å²) in [5.41, 5.74) is 2.63. The minimum Gasteiger partial charge on any atom is -0.383 e. The van der Waals surface area contributed by atoms with Crippen molar-refractivity contribution in [1.29, 1.82) is 0 Å². The van der Waals surface area contributed by atoms with Crippen LogP contribution in [0.4, 0.5) is 5.69 Å². The van der Waals surface area contributed by atoms with Gasteiger partial charge in [-0.25, -0.2) is 0 Å². The Kier molecular flexibility index (Phi) is 3.28. The summed E-state index contributed by atoms with van der Waals surface area (Å²) in [6.07, 6.45) is 8.56. The van der Waals surface area contributed by atoms with Crippen molar-refractivity contribution < 1.29 is 0 Å². The molecular weight excluding hydrogens is 230 g/mol. The molecule has 1 aliphatic carbocycles. The van der Waals surface area contributed by atoms with Gasteiger partial charge in [0.2, 0.25) is 0 Å². The number of fused-ring (bicyclic) bond motifs is 1. The molecule has 0 saturated heterocycles. The number of nitrogens with one attached hydrogen (secondary N) is 1. The zero-order chi connectivity index (χ0) is 11.7. The third-order valence-corrected chi connectivity index (χ3v) is 4.72. The van der Waals surface area contributed by atoms with Gasteiger partial charge in [0.25, 0.3) is 0 Å². The van der Waals surface area contributed by atoms with E-state index in [4.69, 9.17) is 11.6 Å². The zero-order valence-electron chi connectivity index (χ0n) is 10.2. The van der Waals surface area contributed by atoms with Gasteiger partial charge < -0.3 is 5.32 Å². The lowest BCUT2D eigenvalue weighted by molar-refractivity contribution is 0.459. The van der Waals surface area contributed by atoms with Crippen molar-refractivity contribution in [1.82, 2.24) is 0 Å². The molecule has 1 unspecified atom stereocenters. The summed E-state index contributed by atoms with van der Waals surface area (Å²) in [6.45, 7) is 1.08. The normalized spacial score (nSPS) is 23.7. The van der Waals surface area contributed by atoms with Crippen molar-refractivity contribution in [2.45, 2.75) is 44.4 Å². The molecule has 3 rings (SSSR count). The smallest absolute Gasteiger partial charge is 0.0640 e. The molecule has 0 aromatic heterocycles. The Bertz CT molecular complexity index is 396. The van der Waals surface area contributed by atoms with E-state index in [1.54, 1.807) is 0 Å². The summed E-state index contributed by atoms with van der Waals surface area (Å²) in [7, 11) is 0. The van der Waals surface area contributed by atoms with E-state index >= 15 is 0 Å². The van der Waals surface area contributed by atoms with Gasteiger partial charge in [-0.3, -0.25) is 0 Å². The lowest BCUT2D eigenvalue weighted by atomic mass is 9.91. The van der Waals surface area contributed by atoms with Crippen LogP contribution in [0, 0.1) is 5.92 Å². The highest BCUT2D eigenvalue weighted by Crippen LogP contribution is 2.40. The Labute approximate surface area is 109 Å². The van der Waals surface area contributed by atoms with E-state index < -0.39 is 0 Å². The Morgan fingerprint density at radius 2 is 2.00 bits per heavy atom. The molecule has 2 heteroatoms. The standard InChI is InChI=1S/C15H20ClN/c16-14-7-3-6-13-12(10-17-15(13)14)9-8-11-4-1-2-5-11/h3,6-7,11-12,17H,1-2,4-5,8-10H2. The predicted molar refractivity (Wildman–Crippen MR) is 73.9 cm³/mol. The lowest BCUT2D eigenvalue weighted by Gasteiger charge is -2.13. The van der Waals surface area contributed by atoms with E-state index in [0.29, 0.717) is 5.92 Å². The van der Waals surface area contributed by atoms with Crippen molar-refractivity contribution in [3.63, 3.8) is 0 Å². The molecule has 1 saturated carbocycles. The van der Waals surface area contributed by atoms with Gasteiger partial charge in [0.05, 0.1) is 10.7 Å². The quantitative estimate of drug-likeness (QED) is 0.810. The molecule has 1 aromatic carbocycles. The molecule has 2 aliphatic rings. The molecule has 1 aliphatic heterocycles. The van der Waals surface area contributed by atoms with Crippen LogP contribution in [0.1, 0.15) is 50.0 Å². The van der Waals surface area contributed by atoms with Gasteiger partial charge in [0.1, 0.15) is 0 Å². The lowest BCUT2D eigenvalue weighted by Crippen LogP contribution is -2.04. The van der Waals surface area contributed by atoms with Crippen molar-refractivity contribution >= 4 is 17.3 Å². The van der Waals surface area contributed by atoms with Crippen LogP contribution in [-0.4, -0.2) is 6.54 Å². The van der Waals surface area contributed by atoms with Crippen LogP contribution in [0.25, 0.3) is 0 Å². The monoisotopic (exact) mass is 249 g/mol. The van der Waals surface area contributed by atoms with Gasteiger partial charge >= 0.3 is 0 Å². The number of hydrogen-bond acceptors (Lipinski definition) is 1. The van der Waals surface area contributed by atoms with E-state index in [0.717, 1.165) is 17.5 Å². The summed E-state index contributed by atoms with van der Waals surface area (Å²) < 4.78 is 0. The fourth-order valence-corrected chi connectivity index (χ4v) is 3.64. The molecule has 0 amide bonds. The fraction of sp³-hybridized carbons (Fsp3) is 0.600. The minimum atomic E-state index is 0.685. The first-order chi connectivity index (χ1) is 8.34. The van der Waals surface area contributed by atoms with Crippen molar-refractivity contribution in [3.05, 3.63) is 28.8 Å². The van der Waals surface area contributed by atoms with Crippen LogP contribution in [-0.2, 0) is 0 Å². The Balaban J connectivity index is 1.65. The number of benzene rings is 1. The molecule has 0 bridgehead atoms. The molecule has 1 aromatic rings. The maximum atomic E-state index is 6.20. The Hall–Kier alpha value is -0.690. The number of rotatable bonds is 3. The van der Waals surface area contributed by atoms with E-state index in [1.165, 1.54) is 49.8 Å². The van der Waals surface area contributed by atoms with Crippen LogP contribution in [0.3, 0.4) is 0 Å². The third kappa shape index (κ3) is 2.30. The second kappa shape index (κ2) is 4.89. The average molecular weight is 250 g/mol. The maximum absolute atomic E-state index is 6.20. The van der Waals surface area contributed by atoms with Crippen molar-refractivity contribution in [2.75, 3.05) is 11.9 Å². The molecule has 0 spiro atoms. The minimum absolute atomic E-state index is 0.685. The van der Waals surface area contributed by atoms with E-state index in [-0.39, 0.29) is 0 Å². The molecule has 92 valence electrons. The molecular formula is C15H20ClN. The van der Waals surface area contributed by atoms with Crippen LogP contribution in [0.15, 0.2) is 18.2 Å². The average Bonchev–Trinajstić information content (AvgIpc) is 2.95. The van der Waals surface area contributed by atoms with Crippen LogP contribution in [0.2, 0.25) is 5.02 Å². The van der Waals surface area contributed by atoms with Gasteiger partial charge in [0, 0.05) is 12.5 Å². The van der Waals surface area contributed by atoms with E-state index in [2.05, 4.69) is 17.4 Å². The number of halogens is 1. The summed E-state index contributed by atoms with van der Waals surface area (Å²) in [4.78, 5) is 0. The topological polar surface area (TPSA) is 12.0 Å². The highest BCUT2D eigenvalue weighted by molar-refractivity contribution is 6.33. The Morgan fingerprint density at radius 1 is 1.18 bits per heavy atom. The second-order valence-electron chi connectivity index (χ2n) is 5.51. The van der Waals surface area contributed by atoms with Crippen LogP contribution in [0.5, 0.6) is 0 Å². The van der Waals surface area contributed by atoms with Crippen molar-refractivity contribution in [3.8, 4) is 0 Å². The summed E-state index contributed by atoms with van der Waals surface area (Å²) >= 11 is 6.20. The van der Waals surface area contributed by atoms with Crippen LogP contribution < -0.4 is 5.32 Å².